The maximum Gasteiger partial charge on any atom is 0.229 e. The fourth-order valence-corrected chi connectivity index (χ4v) is 2.71. The number of rotatable bonds is 6. The number of ether oxygens (including phenoxy) is 1. The van der Waals surface area contributed by atoms with Gasteiger partial charge < -0.3 is 15.4 Å². The minimum atomic E-state index is 0.411. The van der Waals surface area contributed by atoms with Gasteiger partial charge in [-0.05, 0) is 42.5 Å². The van der Waals surface area contributed by atoms with Crippen LogP contribution in [-0.2, 0) is 0 Å². The van der Waals surface area contributed by atoms with E-state index in [1.165, 1.54) is 0 Å². The highest BCUT2D eigenvalue weighted by atomic mass is 16.5. The predicted octanol–water partition coefficient (Wildman–Crippen LogP) is 5.63. The Labute approximate surface area is 168 Å². The van der Waals surface area contributed by atoms with Crippen molar-refractivity contribution in [2.24, 2.45) is 0 Å². The van der Waals surface area contributed by atoms with Gasteiger partial charge in [0.2, 0.25) is 5.95 Å². The van der Waals surface area contributed by atoms with Crippen LogP contribution >= 0.6 is 0 Å². The summed E-state index contributed by atoms with van der Waals surface area (Å²) in [5, 5.41) is 15.6. The van der Waals surface area contributed by atoms with Crippen molar-refractivity contribution in [3.8, 4) is 17.6 Å². The van der Waals surface area contributed by atoms with Crippen LogP contribution in [0.1, 0.15) is 5.56 Å². The lowest BCUT2D eigenvalue weighted by Gasteiger charge is -2.13. The van der Waals surface area contributed by atoms with Crippen molar-refractivity contribution in [3.05, 3.63) is 96.7 Å². The Bertz CT molecular complexity index is 1160. The van der Waals surface area contributed by atoms with E-state index in [0.29, 0.717) is 28.8 Å². The molecule has 0 aliphatic heterocycles. The third kappa shape index (κ3) is 4.49. The highest BCUT2D eigenvalue weighted by Gasteiger charge is 2.08. The molecular weight excluding hydrogens is 362 g/mol. The van der Waals surface area contributed by atoms with E-state index in [1.54, 1.807) is 18.3 Å². The van der Waals surface area contributed by atoms with Crippen molar-refractivity contribution in [1.29, 1.82) is 5.26 Å². The third-order valence-electron chi connectivity index (χ3n) is 4.07. The van der Waals surface area contributed by atoms with Crippen molar-refractivity contribution < 1.29 is 4.74 Å². The number of nitrogens with one attached hydrogen (secondary N) is 2. The zero-order chi connectivity index (χ0) is 19.9. The van der Waals surface area contributed by atoms with Gasteiger partial charge in [0.1, 0.15) is 17.6 Å². The largest absolute Gasteiger partial charge is 0.455 e. The molecule has 3 aromatic carbocycles. The van der Waals surface area contributed by atoms with Crippen molar-refractivity contribution in [2.45, 2.75) is 0 Å². The van der Waals surface area contributed by atoms with Gasteiger partial charge in [-0.15, -0.1) is 0 Å². The van der Waals surface area contributed by atoms with E-state index in [-0.39, 0.29) is 0 Å². The summed E-state index contributed by atoms with van der Waals surface area (Å²) in [5.74, 6) is 2.39. The summed E-state index contributed by atoms with van der Waals surface area (Å²) in [6.45, 7) is 0. The second-order valence-corrected chi connectivity index (χ2v) is 6.08. The highest BCUT2D eigenvalue weighted by Crippen LogP contribution is 2.31. The minimum Gasteiger partial charge on any atom is -0.455 e. The summed E-state index contributed by atoms with van der Waals surface area (Å²) >= 11 is 0. The molecule has 0 amide bonds. The van der Waals surface area contributed by atoms with Crippen LogP contribution in [0, 0.1) is 11.3 Å². The Kier molecular flexibility index (Phi) is 5.31. The summed E-state index contributed by atoms with van der Waals surface area (Å²) in [6, 6.07) is 28.3. The molecule has 1 heterocycles. The van der Waals surface area contributed by atoms with Crippen LogP contribution in [0.3, 0.4) is 0 Å². The standard InChI is InChI=1S/C23H17N5O/c24-16-17-8-4-5-11-19(17)26-22-14-15-25-23(28-22)27-20-12-6-7-13-21(20)29-18-9-2-1-3-10-18/h1-15H,(H2,25,26,27,28). The van der Waals surface area contributed by atoms with E-state index in [9.17, 15) is 5.26 Å². The fourth-order valence-electron chi connectivity index (χ4n) is 2.71. The molecule has 0 unspecified atom stereocenters. The Morgan fingerprint density at radius 1 is 0.759 bits per heavy atom. The molecule has 2 N–H and O–H groups in total. The van der Waals surface area contributed by atoms with E-state index >= 15 is 0 Å². The number of para-hydroxylation sites is 4. The quantitative estimate of drug-likeness (QED) is 0.452. The molecule has 0 spiro atoms. The molecule has 0 bridgehead atoms. The zero-order valence-electron chi connectivity index (χ0n) is 15.4. The van der Waals surface area contributed by atoms with Gasteiger partial charge >= 0.3 is 0 Å². The molecule has 0 radical (unpaired) electrons. The average molecular weight is 379 g/mol. The van der Waals surface area contributed by atoms with Gasteiger partial charge in [0.25, 0.3) is 0 Å². The summed E-state index contributed by atoms with van der Waals surface area (Å²) in [7, 11) is 0. The molecule has 4 aromatic rings. The molecule has 0 saturated heterocycles. The number of benzene rings is 3. The minimum absolute atomic E-state index is 0.411. The molecule has 0 fully saturated rings. The highest BCUT2D eigenvalue weighted by molar-refractivity contribution is 5.67. The van der Waals surface area contributed by atoms with Crippen molar-refractivity contribution in [3.63, 3.8) is 0 Å². The Morgan fingerprint density at radius 3 is 2.31 bits per heavy atom. The van der Waals surface area contributed by atoms with Crippen molar-refractivity contribution in [2.75, 3.05) is 10.6 Å². The van der Waals surface area contributed by atoms with E-state index in [2.05, 4.69) is 26.7 Å². The van der Waals surface area contributed by atoms with Crippen LogP contribution in [0.4, 0.5) is 23.1 Å². The molecule has 0 atom stereocenters. The zero-order valence-corrected chi connectivity index (χ0v) is 15.4. The van der Waals surface area contributed by atoms with Crippen molar-refractivity contribution >= 4 is 23.1 Å². The van der Waals surface area contributed by atoms with Gasteiger partial charge in [-0.3, -0.25) is 0 Å². The molecule has 1 aromatic heterocycles. The molecule has 0 saturated carbocycles. The fraction of sp³-hybridized carbons (Fsp3) is 0. The van der Waals surface area contributed by atoms with Crippen LogP contribution in [0.5, 0.6) is 11.5 Å². The molecule has 6 heteroatoms. The summed E-state index contributed by atoms with van der Waals surface area (Å²) in [6.07, 6.45) is 1.65. The van der Waals surface area contributed by atoms with Gasteiger partial charge in [0.05, 0.1) is 16.9 Å². The number of nitrogens with zero attached hydrogens (tertiary/aromatic N) is 3. The average Bonchev–Trinajstić information content (AvgIpc) is 2.77. The first-order valence-corrected chi connectivity index (χ1v) is 9.00. The van der Waals surface area contributed by atoms with E-state index in [4.69, 9.17) is 4.74 Å². The topological polar surface area (TPSA) is 82.9 Å². The Morgan fingerprint density at radius 2 is 1.48 bits per heavy atom. The number of aromatic nitrogens is 2. The SMILES string of the molecule is N#Cc1ccccc1Nc1ccnc(Nc2ccccc2Oc2ccccc2)n1. The first kappa shape index (κ1) is 18.0. The monoisotopic (exact) mass is 379 g/mol. The second-order valence-electron chi connectivity index (χ2n) is 6.08. The van der Waals surface area contributed by atoms with Gasteiger partial charge in [0.15, 0.2) is 5.75 Å². The molecule has 29 heavy (non-hydrogen) atoms. The summed E-state index contributed by atoms with van der Waals surface area (Å²) < 4.78 is 5.97. The maximum absolute atomic E-state index is 9.25. The summed E-state index contributed by atoms with van der Waals surface area (Å²) in [5.41, 5.74) is 1.97. The maximum atomic E-state index is 9.25. The molecule has 4 rings (SSSR count). The summed E-state index contributed by atoms with van der Waals surface area (Å²) in [4.78, 5) is 8.77. The molecule has 6 nitrogen and oxygen atoms in total. The van der Waals surface area contributed by atoms with Gasteiger partial charge in [0, 0.05) is 6.20 Å². The van der Waals surface area contributed by atoms with Crippen LogP contribution in [-0.4, -0.2) is 9.97 Å². The van der Waals surface area contributed by atoms with Crippen LogP contribution in [0.25, 0.3) is 0 Å². The van der Waals surface area contributed by atoms with Crippen LogP contribution in [0.2, 0.25) is 0 Å². The predicted molar refractivity (Wildman–Crippen MR) is 113 cm³/mol. The first-order valence-electron chi connectivity index (χ1n) is 9.00. The van der Waals surface area contributed by atoms with Crippen molar-refractivity contribution in [1.82, 2.24) is 9.97 Å². The lowest BCUT2D eigenvalue weighted by Crippen LogP contribution is -2.02. The van der Waals surface area contributed by atoms with E-state index in [1.807, 2.05) is 72.8 Å². The van der Waals surface area contributed by atoms with Crippen LogP contribution < -0.4 is 15.4 Å². The molecular formula is C23H17N5O. The number of hydrogen-bond donors (Lipinski definition) is 2. The lowest BCUT2D eigenvalue weighted by molar-refractivity contribution is 0.485. The Balaban J connectivity index is 1.55. The number of anilines is 4. The molecule has 140 valence electrons. The molecule has 0 aliphatic carbocycles. The smallest absolute Gasteiger partial charge is 0.229 e. The molecule has 0 aliphatic rings. The third-order valence-corrected chi connectivity index (χ3v) is 4.07. The normalized spacial score (nSPS) is 10.0. The second kappa shape index (κ2) is 8.55. The van der Waals surface area contributed by atoms with E-state index < -0.39 is 0 Å². The lowest BCUT2D eigenvalue weighted by atomic mass is 10.2. The van der Waals surface area contributed by atoms with Crippen LogP contribution in [0.15, 0.2) is 91.1 Å². The van der Waals surface area contributed by atoms with E-state index in [0.717, 1.165) is 11.4 Å². The van der Waals surface area contributed by atoms with Gasteiger partial charge in [-0.25, -0.2) is 4.98 Å². The van der Waals surface area contributed by atoms with Gasteiger partial charge in [-0.1, -0.05) is 42.5 Å². The number of nitriles is 1. The first-order chi connectivity index (χ1) is 14.3. The number of hydrogen-bond acceptors (Lipinski definition) is 6. The van der Waals surface area contributed by atoms with Gasteiger partial charge in [-0.2, -0.15) is 10.2 Å². The Hall–Kier alpha value is -4.37.